The number of rotatable bonds is 6. The summed E-state index contributed by atoms with van der Waals surface area (Å²) in [5.74, 6) is 0. The number of aliphatic hydroxyl groups excluding tert-OH is 1. The van der Waals surface area contributed by atoms with E-state index in [4.69, 9.17) is 5.11 Å². The van der Waals surface area contributed by atoms with E-state index in [1.807, 2.05) is 0 Å². The lowest BCUT2D eigenvalue weighted by Gasteiger charge is -2.03. The maximum atomic E-state index is 8.57. The Kier molecular flexibility index (Phi) is 5.27. The van der Waals surface area contributed by atoms with Crippen LogP contribution in [0.25, 0.3) is 0 Å². The first kappa shape index (κ1) is 11.2. The number of hydrogen-bond acceptors (Lipinski definition) is 2. The van der Waals surface area contributed by atoms with Gasteiger partial charge in [0.1, 0.15) is 0 Å². The Morgan fingerprint density at radius 1 is 1.07 bits per heavy atom. The lowest BCUT2D eigenvalue weighted by molar-refractivity contribution is 0.293. The minimum Gasteiger partial charge on any atom is -0.395 e. The van der Waals surface area contributed by atoms with Crippen LogP contribution in [0.3, 0.4) is 0 Å². The highest BCUT2D eigenvalue weighted by molar-refractivity contribution is 5.22. The van der Waals surface area contributed by atoms with E-state index < -0.39 is 0 Å². The molecule has 0 bridgehead atoms. The zero-order valence-corrected chi connectivity index (χ0v) is 8.79. The first-order valence-electron chi connectivity index (χ1n) is 5.26. The monoisotopic (exact) mass is 193 g/mol. The minimum atomic E-state index is 0.217. The average molecular weight is 193 g/mol. The van der Waals surface area contributed by atoms with Gasteiger partial charge < -0.3 is 10.4 Å². The molecule has 0 aromatic heterocycles. The molecule has 0 saturated heterocycles. The molecule has 0 aliphatic rings. The molecule has 14 heavy (non-hydrogen) atoms. The molecular formula is C12H19NO. The highest BCUT2D eigenvalue weighted by atomic mass is 16.3. The number of aryl methyl sites for hydroxylation is 1. The van der Waals surface area contributed by atoms with Gasteiger partial charge in [-0.2, -0.15) is 0 Å². The van der Waals surface area contributed by atoms with Crippen molar-refractivity contribution in [1.82, 2.24) is 5.32 Å². The molecule has 0 unspecified atom stereocenters. The van der Waals surface area contributed by atoms with Crippen LogP contribution < -0.4 is 5.32 Å². The van der Waals surface area contributed by atoms with Crippen molar-refractivity contribution in [3.63, 3.8) is 0 Å². The third kappa shape index (κ3) is 3.90. The molecule has 0 aliphatic carbocycles. The van der Waals surface area contributed by atoms with Crippen molar-refractivity contribution in [1.29, 1.82) is 0 Å². The largest absolute Gasteiger partial charge is 0.395 e. The van der Waals surface area contributed by atoms with Gasteiger partial charge in [-0.1, -0.05) is 31.2 Å². The highest BCUT2D eigenvalue weighted by Crippen LogP contribution is 2.04. The predicted octanol–water partition coefficient (Wildman–Crippen LogP) is 1.37. The fraction of sp³-hybridized carbons (Fsp3) is 0.500. The molecule has 0 amide bonds. The lowest BCUT2D eigenvalue weighted by Crippen LogP contribution is -2.20. The molecule has 2 heteroatoms. The minimum absolute atomic E-state index is 0.217. The summed E-state index contributed by atoms with van der Waals surface area (Å²) in [4.78, 5) is 0. The third-order valence-electron chi connectivity index (χ3n) is 2.31. The number of hydrogen-bond donors (Lipinski definition) is 2. The highest BCUT2D eigenvalue weighted by Gasteiger charge is 1.93. The van der Waals surface area contributed by atoms with Gasteiger partial charge in [-0.05, 0) is 30.5 Å². The molecule has 0 heterocycles. The van der Waals surface area contributed by atoms with Gasteiger partial charge in [-0.3, -0.25) is 0 Å². The second-order valence-electron chi connectivity index (χ2n) is 3.39. The lowest BCUT2D eigenvalue weighted by atomic mass is 10.1. The molecule has 1 rings (SSSR count). The van der Waals surface area contributed by atoms with Gasteiger partial charge in [-0.25, -0.2) is 0 Å². The van der Waals surface area contributed by atoms with Crippen LogP contribution >= 0.6 is 0 Å². The fourth-order valence-corrected chi connectivity index (χ4v) is 1.38. The van der Waals surface area contributed by atoms with Gasteiger partial charge in [0, 0.05) is 6.54 Å². The smallest absolute Gasteiger partial charge is 0.0555 e. The molecule has 78 valence electrons. The van der Waals surface area contributed by atoms with Crippen LogP contribution in [0.4, 0.5) is 0 Å². The first-order chi connectivity index (χ1) is 6.86. The number of nitrogens with one attached hydrogen (secondary N) is 1. The van der Waals surface area contributed by atoms with Crippen LogP contribution in [0, 0.1) is 0 Å². The summed E-state index contributed by atoms with van der Waals surface area (Å²) >= 11 is 0. The number of aliphatic hydroxyl groups is 1. The number of benzene rings is 1. The van der Waals surface area contributed by atoms with E-state index in [0.717, 1.165) is 19.4 Å². The van der Waals surface area contributed by atoms with Crippen molar-refractivity contribution in [3.05, 3.63) is 35.4 Å². The summed E-state index contributed by atoms with van der Waals surface area (Å²) in [6, 6.07) is 8.72. The zero-order chi connectivity index (χ0) is 10.2. The van der Waals surface area contributed by atoms with Gasteiger partial charge in [0.2, 0.25) is 0 Å². The summed E-state index contributed by atoms with van der Waals surface area (Å²) in [6.45, 7) is 4.01. The van der Waals surface area contributed by atoms with E-state index in [0.29, 0.717) is 6.54 Å². The van der Waals surface area contributed by atoms with E-state index >= 15 is 0 Å². The van der Waals surface area contributed by atoms with Crippen LogP contribution in [0.15, 0.2) is 24.3 Å². The van der Waals surface area contributed by atoms with Crippen molar-refractivity contribution in [2.45, 2.75) is 19.8 Å². The Hall–Kier alpha value is -0.860. The first-order valence-corrected chi connectivity index (χ1v) is 5.26. The van der Waals surface area contributed by atoms with Gasteiger partial charge in [-0.15, -0.1) is 0 Å². The Balaban J connectivity index is 2.29. The van der Waals surface area contributed by atoms with Crippen LogP contribution in [0.5, 0.6) is 0 Å². The summed E-state index contributed by atoms with van der Waals surface area (Å²) in [7, 11) is 0. The van der Waals surface area contributed by atoms with Crippen LogP contribution in [0.2, 0.25) is 0 Å². The molecule has 0 spiro atoms. The Morgan fingerprint density at radius 2 is 1.71 bits per heavy atom. The van der Waals surface area contributed by atoms with Crippen molar-refractivity contribution in [3.8, 4) is 0 Å². The molecular weight excluding hydrogens is 174 g/mol. The van der Waals surface area contributed by atoms with Crippen molar-refractivity contribution in [2.75, 3.05) is 19.7 Å². The van der Waals surface area contributed by atoms with Crippen LogP contribution in [-0.4, -0.2) is 24.8 Å². The zero-order valence-electron chi connectivity index (χ0n) is 8.79. The second-order valence-corrected chi connectivity index (χ2v) is 3.39. The molecule has 1 aromatic rings. The van der Waals surface area contributed by atoms with Crippen LogP contribution in [0.1, 0.15) is 18.1 Å². The summed E-state index contributed by atoms with van der Waals surface area (Å²) < 4.78 is 0. The SMILES string of the molecule is CCc1ccc(CCNCCO)cc1. The summed E-state index contributed by atoms with van der Waals surface area (Å²) in [5.41, 5.74) is 2.74. The molecule has 2 N–H and O–H groups in total. The normalized spacial score (nSPS) is 10.4. The summed E-state index contributed by atoms with van der Waals surface area (Å²) in [6.07, 6.45) is 2.13. The average Bonchev–Trinajstić information content (AvgIpc) is 2.25. The summed E-state index contributed by atoms with van der Waals surface area (Å²) in [5, 5.41) is 11.7. The fourth-order valence-electron chi connectivity index (χ4n) is 1.38. The molecule has 0 fully saturated rings. The maximum Gasteiger partial charge on any atom is 0.0555 e. The second kappa shape index (κ2) is 6.57. The van der Waals surface area contributed by atoms with E-state index in [-0.39, 0.29) is 6.61 Å². The van der Waals surface area contributed by atoms with Crippen LogP contribution in [-0.2, 0) is 12.8 Å². The van der Waals surface area contributed by atoms with Gasteiger partial charge in [0.25, 0.3) is 0 Å². The van der Waals surface area contributed by atoms with E-state index in [1.165, 1.54) is 11.1 Å². The van der Waals surface area contributed by atoms with Crippen molar-refractivity contribution >= 4 is 0 Å². The Labute approximate surface area is 86.0 Å². The predicted molar refractivity (Wildman–Crippen MR) is 59.5 cm³/mol. The molecule has 2 nitrogen and oxygen atoms in total. The quantitative estimate of drug-likeness (QED) is 0.669. The molecule has 0 saturated carbocycles. The van der Waals surface area contributed by atoms with E-state index in [1.54, 1.807) is 0 Å². The topological polar surface area (TPSA) is 32.3 Å². The third-order valence-corrected chi connectivity index (χ3v) is 2.31. The van der Waals surface area contributed by atoms with Gasteiger partial charge in [0.15, 0.2) is 0 Å². The Bertz CT molecular complexity index is 243. The van der Waals surface area contributed by atoms with Crippen molar-refractivity contribution < 1.29 is 5.11 Å². The molecule has 0 radical (unpaired) electrons. The van der Waals surface area contributed by atoms with Crippen molar-refractivity contribution in [2.24, 2.45) is 0 Å². The van der Waals surface area contributed by atoms with Gasteiger partial charge in [0.05, 0.1) is 6.61 Å². The van der Waals surface area contributed by atoms with Gasteiger partial charge >= 0.3 is 0 Å². The van der Waals surface area contributed by atoms with E-state index in [2.05, 4.69) is 36.5 Å². The molecule has 0 atom stereocenters. The standard InChI is InChI=1S/C12H19NO/c1-2-11-3-5-12(6-4-11)7-8-13-9-10-14/h3-6,13-14H,2,7-10H2,1H3. The molecule has 1 aromatic carbocycles. The molecule has 0 aliphatic heterocycles. The van der Waals surface area contributed by atoms with E-state index in [9.17, 15) is 0 Å². The maximum absolute atomic E-state index is 8.57. The Morgan fingerprint density at radius 3 is 2.29 bits per heavy atom.